The first-order valence-corrected chi connectivity index (χ1v) is 6.98. The lowest BCUT2D eigenvalue weighted by atomic mass is 10.3. The molecule has 0 atom stereocenters. The first-order chi connectivity index (χ1) is 9.62. The van der Waals surface area contributed by atoms with Crippen LogP contribution in [0.1, 0.15) is 13.8 Å². The molecule has 20 heavy (non-hydrogen) atoms. The summed E-state index contributed by atoms with van der Waals surface area (Å²) in [6, 6.07) is 7.13. The molecule has 2 rings (SSSR count). The number of nitrogens with zero attached hydrogens (tertiary/aromatic N) is 4. The molecule has 0 N–H and O–H groups in total. The second-order valence-electron chi connectivity index (χ2n) is 3.92. The lowest BCUT2D eigenvalue weighted by molar-refractivity contribution is 0.439. The molecule has 0 amide bonds. The van der Waals surface area contributed by atoms with Gasteiger partial charge in [0, 0.05) is 18.1 Å². The molecule has 1 aromatic heterocycles. The maximum absolute atomic E-state index is 5.91. The Morgan fingerprint density at radius 1 is 1.10 bits per heavy atom. The summed E-state index contributed by atoms with van der Waals surface area (Å²) in [5.74, 6) is 1.04. The van der Waals surface area contributed by atoms with Gasteiger partial charge in [-0.05, 0) is 43.6 Å². The molecule has 1 heterocycles. The summed E-state index contributed by atoms with van der Waals surface area (Å²) in [5.41, 5.74) is 0. The molecule has 0 spiro atoms. The van der Waals surface area contributed by atoms with Gasteiger partial charge in [0.2, 0.25) is 11.2 Å². The maximum atomic E-state index is 5.91. The number of anilines is 1. The van der Waals surface area contributed by atoms with Gasteiger partial charge in [-0.1, -0.05) is 17.7 Å². The Labute approximate surface area is 127 Å². The molecular weight excluding hydrogens is 299 g/mol. The van der Waals surface area contributed by atoms with Crippen molar-refractivity contribution in [2.24, 2.45) is 0 Å². The summed E-state index contributed by atoms with van der Waals surface area (Å²) >= 11 is 11.8. The van der Waals surface area contributed by atoms with Crippen LogP contribution in [0.15, 0.2) is 24.3 Å². The third-order valence-corrected chi connectivity index (χ3v) is 3.03. The summed E-state index contributed by atoms with van der Waals surface area (Å²) in [4.78, 5) is 14.3. The highest BCUT2D eigenvalue weighted by molar-refractivity contribution is 6.30. The van der Waals surface area contributed by atoms with Gasteiger partial charge < -0.3 is 9.64 Å². The van der Waals surface area contributed by atoms with E-state index in [-0.39, 0.29) is 11.3 Å². The van der Waals surface area contributed by atoms with Crippen molar-refractivity contribution in [1.29, 1.82) is 0 Å². The fourth-order valence-corrected chi connectivity index (χ4v) is 1.98. The summed E-state index contributed by atoms with van der Waals surface area (Å²) in [6.07, 6.45) is 0. The van der Waals surface area contributed by atoms with Gasteiger partial charge in [0.15, 0.2) is 0 Å². The second kappa shape index (κ2) is 6.72. The van der Waals surface area contributed by atoms with Crippen molar-refractivity contribution in [1.82, 2.24) is 15.0 Å². The molecule has 0 unspecified atom stereocenters. The Bertz CT molecular complexity index is 590. The van der Waals surface area contributed by atoms with Gasteiger partial charge in [0.05, 0.1) is 0 Å². The lowest BCUT2D eigenvalue weighted by Crippen LogP contribution is -2.24. The first kappa shape index (κ1) is 14.8. The minimum absolute atomic E-state index is 0.0962. The average molecular weight is 313 g/mol. The van der Waals surface area contributed by atoms with E-state index in [1.165, 1.54) is 0 Å². The standard InChI is InChI=1S/C13H14Cl2N4O/c1-3-19(4-2)12-16-11(15)17-13(18-12)20-10-7-5-6-9(14)8-10/h5-8H,3-4H2,1-2H3. The zero-order valence-electron chi connectivity index (χ0n) is 11.2. The van der Waals surface area contributed by atoms with Crippen LogP contribution < -0.4 is 9.64 Å². The van der Waals surface area contributed by atoms with Gasteiger partial charge in [0.1, 0.15) is 5.75 Å². The Morgan fingerprint density at radius 2 is 1.85 bits per heavy atom. The van der Waals surface area contributed by atoms with Gasteiger partial charge in [-0.15, -0.1) is 0 Å². The van der Waals surface area contributed by atoms with Crippen LogP contribution >= 0.6 is 23.2 Å². The van der Waals surface area contributed by atoms with E-state index in [1.807, 2.05) is 18.7 Å². The molecule has 5 nitrogen and oxygen atoms in total. The van der Waals surface area contributed by atoms with Gasteiger partial charge in [-0.25, -0.2) is 0 Å². The van der Waals surface area contributed by atoms with Crippen LogP contribution in [0.5, 0.6) is 11.8 Å². The van der Waals surface area contributed by atoms with Gasteiger partial charge in [0.25, 0.3) is 0 Å². The fourth-order valence-electron chi connectivity index (χ4n) is 1.65. The van der Waals surface area contributed by atoms with E-state index in [0.29, 0.717) is 16.7 Å². The first-order valence-electron chi connectivity index (χ1n) is 6.22. The Morgan fingerprint density at radius 3 is 2.50 bits per heavy atom. The number of hydrogen-bond donors (Lipinski definition) is 0. The van der Waals surface area contributed by atoms with Crippen LogP contribution in [0.2, 0.25) is 10.3 Å². The van der Waals surface area contributed by atoms with Gasteiger partial charge in [-0.2, -0.15) is 15.0 Å². The summed E-state index contributed by atoms with van der Waals surface area (Å²) < 4.78 is 5.56. The molecule has 106 valence electrons. The quantitative estimate of drug-likeness (QED) is 0.840. The lowest BCUT2D eigenvalue weighted by Gasteiger charge is -2.18. The van der Waals surface area contributed by atoms with Crippen molar-refractivity contribution < 1.29 is 4.74 Å². The zero-order chi connectivity index (χ0) is 14.5. The molecule has 0 aliphatic rings. The van der Waals surface area contributed by atoms with Crippen LogP contribution in [0.4, 0.5) is 5.95 Å². The zero-order valence-corrected chi connectivity index (χ0v) is 12.7. The number of rotatable bonds is 5. The van der Waals surface area contributed by atoms with Crippen LogP contribution in [0.25, 0.3) is 0 Å². The molecule has 0 saturated heterocycles. The van der Waals surface area contributed by atoms with E-state index in [2.05, 4.69) is 15.0 Å². The van der Waals surface area contributed by atoms with Crippen LogP contribution in [-0.4, -0.2) is 28.0 Å². The van der Waals surface area contributed by atoms with Crippen molar-refractivity contribution in [2.45, 2.75) is 13.8 Å². The molecule has 1 aromatic carbocycles. The Balaban J connectivity index is 2.28. The number of hydrogen-bond acceptors (Lipinski definition) is 5. The average Bonchev–Trinajstić information content (AvgIpc) is 2.39. The number of aromatic nitrogens is 3. The second-order valence-corrected chi connectivity index (χ2v) is 4.69. The van der Waals surface area contributed by atoms with E-state index in [0.717, 1.165) is 13.1 Å². The van der Waals surface area contributed by atoms with Gasteiger partial charge >= 0.3 is 6.01 Å². The van der Waals surface area contributed by atoms with Gasteiger partial charge in [-0.3, -0.25) is 0 Å². The Hall–Kier alpha value is -1.59. The molecule has 0 aliphatic carbocycles. The number of benzene rings is 1. The molecule has 0 fully saturated rings. The van der Waals surface area contributed by atoms with E-state index >= 15 is 0 Å². The van der Waals surface area contributed by atoms with Crippen molar-refractivity contribution in [2.75, 3.05) is 18.0 Å². The maximum Gasteiger partial charge on any atom is 0.328 e. The van der Waals surface area contributed by atoms with Crippen LogP contribution in [0, 0.1) is 0 Å². The minimum atomic E-state index is 0.0962. The highest BCUT2D eigenvalue weighted by Gasteiger charge is 2.11. The molecule has 2 aromatic rings. The van der Waals surface area contributed by atoms with Crippen molar-refractivity contribution in [3.63, 3.8) is 0 Å². The monoisotopic (exact) mass is 312 g/mol. The summed E-state index contributed by atoms with van der Waals surface area (Å²) in [5, 5.41) is 0.672. The number of halogens is 2. The number of ether oxygens (including phenoxy) is 1. The van der Waals surface area contributed by atoms with E-state index < -0.39 is 0 Å². The molecular formula is C13H14Cl2N4O. The Kier molecular flexibility index (Phi) is 4.98. The SMILES string of the molecule is CCN(CC)c1nc(Cl)nc(Oc2cccc(Cl)c2)n1. The highest BCUT2D eigenvalue weighted by Crippen LogP contribution is 2.23. The molecule has 0 bridgehead atoms. The molecule has 0 radical (unpaired) electrons. The minimum Gasteiger partial charge on any atom is -0.424 e. The summed E-state index contributed by atoms with van der Waals surface area (Å²) in [7, 11) is 0. The highest BCUT2D eigenvalue weighted by atomic mass is 35.5. The topological polar surface area (TPSA) is 51.1 Å². The van der Waals surface area contributed by atoms with E-state index in [4.69, 9.17) is 27.9 Å². The van der Waals surface area contributed by atoms with Crippen LogP contribution in [-0.2, 0) is 0 Å². The fraction of sp³-hybridized carbons (Fsp3) is 0.308. The largest absolute Gasteiger partial charge is 0.424 e. The van der Waals surface area contributed by atoms with Crippen molar-refractivity contribution >= 4 is 29.2 Å². The van der Waals surface area contributed by atoms with Crippen molar-refractivity contribution in [3.05, 3.63) is 34.6 Å². The smallest absolute Gasteiger partial charge is 0.328 e. The summed E-state index contributed by atoms with van der Waals surface area (Å²) in [6.45, 7) is 5.57. The third-order valence-electron chi connectivity index (χ3n) is 2.63. The normalized spacial score (nSPS) is 10.4. The molecule has 7 heteroatoms. The van der Waals surface area contributed by atoms with E-state index in [9.17, 15) is 0 Å². The van der Waals surface area contributed by atoms with Crippen molar-refractivity contribution in [3.8, 4) is 11.8 Å². The predicted molar refractivity (Wildman–Crippen MR) is 79.9 cm³/mol. The third kappa shape index (κ3) is 3.71. The van der Waals surface area contributed by atoms with E-state index in [1.54, 1.807) is 24.3 Å². The molecule has 0 aliphatic heterocycles. The predicted octanol–water partition coefficient (Wildman–Crippen LogP) is 3.82. The molecule has 0 saturated carbocycles. The van der Waals surface area contributed by atoms with Crippen LogP contribution in [0.3, 0.4) is 0 Å².